The van der Waals surface area contributed by atoms with Gasteiger partial charge in [-0.2, -0.15) is 0 Å². The quantitative estimate of drug-likeness (QED) is 0.185. The van der Waals surface area contributed by atoms with Crippen molar-refractivity contribution in [3.8, 4) is 22.3 Å². The highest BCUT2D eigenvalue weighted by atomic mass is 16.3. The molecule has 0 aliphatic heterocycles. The van der Waals surface area contributed by atoms with Crippen molar-refractivity contribution in [1.29, 1.82) is 0 Å². The third-order valence-corrected chi connectivity index (χ3v) is 12.4. The van der Waals surface area contributed by atoms with Crippen LogP contribution in [0.5, 0.6) is 0 Å². The molecule has 0 unspecified atom stereocenters. The summed E-state index contributed by atoms with van der Waals surface area (Å²) in [5.41, 5.74) is 17.1. The molecule has 2 aliphatic rings. The van der Waals surface area contributed by atoms with Gasteiger partial charge in [-0.25, -0.2) is 0 Å². The Hall–Kier alpha value is -6.12. The van der Waals surface area contributed by atoms with E-state index in [1.54, 1.807) is 0 Å². The summed E-state index contributed by atoms with van der Waals surface area (Å²) in [7, 11) is 0. The predicted octanol–water partition coefficient (Wildman–Crippen LogP) is 14.3. The standard InChI is InChI=1S/C51H39NO/c1-30-11-10-13-33(25-30)52(35-20-24-38-42-29-47-43(39-15-8-9-16-46(39)53-47)28-45(42)50(2,3)44(38)27-35)34-19-23-37-32(26-34)18-22-41-40-21-17-31-12-6-7-14-36(31)48(40)51(4,5)49(37)41/h6-29H,1-5H3. The Morgan fingerprint density at radius 1 is 0.415 bits per heavy atom. The monoisotopic (exact) mass is 681 g/mol. The van der Waals surface area contributed by atoms with E-state index in [9.17, 15) is 0 Å². The van der Waals surface area contributed by atoms with Crippen LogP contribution in [0.15, 0.2) is 150 Å². The smallest absolute Gasteiger partial charge is 0.136 e. The van der Waals surface area contributed by atoms with Crippen LogP contribution >= 0.6 is 0 Å². The van der Waals surface area contributed by atoms with Crippen molar-refractivity contribution < 1.29 is 4.42 Å². The van der Waals surface area contributed by atoms with Crippen molar-refractivity contribution in [3.63, 3.8) is 0 Å². The molecule has 0 amide bonds. The SMILES string of the molecule is Cc1cccc(N(c2ccc3c(c2)C(C)(C)c2cc4c(cc2-3)oc2ccccc24)c2ccc3c4c(ccc3c2)-c2ccc3ccccc3c2C4(C)C)c1. The topological polar surface area (TPSA) is 16.4 Å². The average molecular weight is 682 g/mol. The van der Waals surface area contributed by atoms with Crippen LogP contribution in [0.4, 0.5) is 17.1 Å². The lowest BCUT2D eigenvalue weighted by molar-refractivity contribution is 0.658. The van der Waals surface area contributed by atoms with Gasteiger partial charge in [0.1, 0.15) is 11.2 Å². The van der Waals surface area contributed by atoms with Crippen LogP contribution in [-0.2, 0) is 10.8 Å². The van der Waals surface area contributed by atoms with Gasteiger partial charge < -0.3 is 9.32 Å². The Morgan fingerprint density at radius 3 is 1.87 bits per heavy atom. The highest BCUT2D eigenvalue weighted by molar-refractivity contribution is 6.08. The van der Waals surface area contributed by atoms with E-state index in [4.69, 9.17) is 4.42 Å². The molecule has 1 aromatic heterocycles. The fraction of sp³-hybridized carbons (Fsp3) is 0.137. The average Bonchev–Trinajstić information content (AvgIpc) is 3.73. The molecule has 53 heavy (non-hydrogen) atoms. The number of aryl methyl sites for hydroxylation is 1. The minimum Gasteiger partial charge on any atom is -0.456 e. The summed E-state index contributed by atoms with van der Waals surface area (Å²) in [6.07, 6.45) is 0. The molecule has 0 radical (unpaired) electrons. The number of hydrogen-bond acceptors (Lipinski definition) is 2. The van der Waals surface area contributed by atoms with E-state index < -0.39 is 0 Å². The van der Waals surface area contributed by atoms with E-state index in [1.807, 2.05) is 6.07 Å². The molecule has 2 nitrogen and oxygen atoms in total. The molecular formula is C51H39NO. The van der Waals surface area contributed by atoms with E-state index in [1.165, 1.54) is 82.4 Å². The minimum absolute atomic E-state index is 0.128. The van der Waals surface area contributed by atoms with E-state index in [-0.39, 0.29) is 10.8 Å². The summed E-state index contributed by atoms with van der Waals surface area (Å²) in [4.78, 5) is 2.44. The molecule has 8 aromatic carbocycles. The molecule has 254 valence electrons. The molecule has 1 heterocycles. The Kier molecular flexibility index (Phi) is 6.03. The van der Waals surface area contributed by atoms with Gasteiger partial charge in [0.15, 0.2) is 0 Å². The van der Waals surface area contributed by atoms with Gasteiger partial charge in [0.25, 0.3) is 0 Å². The molecule has 9 aromatic rings. The third kappa shape index (κ3) is 4.15. The summed E-state index contributed by atoms with van der Waals surface area (Å²) in [6, 6.07) is 54.2. The molecule has 2 aliphatic carbocycles. The molecule has 0 fully saturated rings. The van der Waals surface area contributed by atoms with Gasteiger partial charge >= 0.3 is 0 Å². The van der Waals surface area contributed by atoms with Gasteiger partial charge in [-0.1, -0.05) is 119 Å². The molecule has 0 spiro atoms. The Balaban J connectivity index is 1.07. The maximum absolute atomic E-state index is 6.35. The number of hydrogen-bond donors (Lipinski definition) is 0. The van der Waals surface area contributed by atoms with Crippen molar-refractivity contribution in [3.05, 3.63) is 173 Å². The Bertz CT molecular complexity index is 3030. The van der Waals surface area contributed by atoms with E-state index in [0.29, 0.717) is 0 Å². The molecule has 0 atom stereocenters. The largest absolute Gasteiger partial charge is 0.456 e. The first-order valence-electron chi connectivity index (χ1n) is 18.8. The lowest BCUT2D eigenvalue weighted by atomic mass is 9.78. The zero-order valence-corrected chi connectivity index (χ0v) is 30.7. The maximum Gasteiger partial charge on any atom is 0.136 e. The van der Waals surface area contributed by atoms with Gasteiger partial charge in [-0.05, 0) is 133 Å². The fourth-order valence-corrected chi connectivity index (χ4v) is 9.94. The summed E-state index contributed by atoms with van der Waals surface area (Å²) in [6.45, 7) is 11.7. The zero-order chi connectivity index (χ0) is 35.8. The first-order chi connectivity index (χ1) is 25.7. The lowest BCUT2D eigenvalue weighted by Crippen LogP contribution is -2.17. The van der Waals surface area contributed by atoms with Crippen molar-refractivity contribution in [2.24, 2.45) is 0 Å². The highest BCUT2D eigenvalue weighted by Crippen LogP contribution is 2.55. The van der Waals surface area contributed by atoms with Crippen molar-refractivity contribution >= 4 is 60.5 Å². The molecule has 0 N–H and O–H groups in total. The normalized spacial score (nSPS) is 14.8. The van der Waals surface area contributed by atoms with Crippen molar-refractivity contribution in [2.45, 2.75) is 45.4 Å². The zero-order valence-electron chi connectivity index (χ0n) is 30.7. The van der Waals surface area contributed by atoms with Gasteiger partial charge in [0.2, 0.25) is 0 Å². The van der Waals surface area contributed by atoms with Crippen molar-refractivity contribution in [1.82, 2.24) is 0 Å². The van der Waals surface area contributed by atoms with Crippen LogP contribution in [0.1, 0.15) is 55.5 Å². The molecule has 11 rings (SSSR count). The Labute approximate surface area is 309 Å². The highest BCUT2D eigenvalue weighted by Gasteiger charge is 2.39. The molecular weight excluding hydrogens is 643 g/mol. The maximum atomic E-state index is 6.35. The lowest BCUT2D eigenvalue weighted by Gasteiger charge is -2.29. The van der Waals surface area contributed by atoms with Crippen LogP contribution in [0.2, 0.25) is 0 Å². The van der Waals surface area contributed by atoms with Crippen LogP contribution < -0.4 is 4.90 Å². The summed E-state index contributed by atoms with van der Waals surface area (Å²) >= 11 is 0. The minimum atomic E-state index is -0.180. The Morgan fingerprint density at radius 2 is 1.06 bits per heavy atom. The van der Waals surface area contributed by atoms with Crippen LogP contribution in [0.3, 0.4) is 0 Å². The second-order valence-electron chi connectivity index (χ2n) is 16.2. The number of furan rings is 1. The number of para-hydroxylation sites is 1. The summed E-state index contributed by atoms with van der Waals surface area (Å²) in [5.74, 6) is 0. The first-order valence-corrected chi connectivity index (χ1v) is 18.8. The van der Waals surface area contributed by atoms with Gasteiger partial charge in [-0.15, -0.1) is 0 Å². The third-order valence-electron chi connectivity index (χ3n) is 12.4. The number of fused-ring (bicyclic) bond motifs is 13. The molecule has 0 bridgehead atoms. The number of rotatable bonds is 3. The van der Waals surface area contributed by atoms with E-state index in [2.05, 4.69) is 179 Å². The van der Waals surface area contributed by atoms with Crippen LogP contribution in [0.25, 0.3) is 65.7 Å². The second-order valence-corrected chi connectivity index (χ2v) is 16.2. The second kappa shape index (κ2) is 10.5. The van der Waals surface area contributed by atoms with E-state index >= 15 is 0 Å². The number of benzene rings is 8. The predicted molar refractivity (Wildman–Crippen MR) is 223 cm³/mol. The summed E-state index contributed by atoms with van der Waals surface area (Å²) in [5, 5.41) is 7.59. The number of anilines is 3. The van der Waals surface area contributed by atoms with Crippen molar-refractivity contribution in [2.75, 3.05) is 4.90 Å². The van der Waals surface area contributed by atoms with Crippen LogP contribution in [-0.4, -0.2) is 0 Å². The van der Waals surface area contributed by atoms with Gasteiger partial charge in [0, 0.05) is 38.7 Å². The molecule has 2 heteroatoms. The first kappa shape index (κ1) is 30.5. The van der Waals surface area contributed by atoms with Gasteiger partial charge in [0.05, 0.1) is 0 Å². The molecule has 0 saturated heterocycles. The van der Waals surface area contributed by atoms with Crippen LogP contribution in [0, 0.1) is 6.92 Å². The van der Waals surface area contributed by atoms with E-state index in [0.717, 1.165) is 28.2 Å². The summed E-state index contributed by atoms with van der Waals surface area (Å²) < 4.78 is 6.35. The number of nitrogens with zero attached hydrogens (tertiary/aromatic N) is 1. The molecule has 0 saturated carbocycles. The fourth-order valence-electron chi connectivity index (χ4n) is 9.94. The van der Waals surface area contributed by atoms with Gasteiger partial charge in [-0.3, -0.25) is 0 Å².